The molecule has 0 aliphatic rings. The Hall–Kier alpha value is 1.47. The molecule has 0 rings (SSSR count). The number of rotatable bonds is 1. The van der Waals surface area contributed by atoms with Gasteiger partial charge in [0.2, 0.25) is 0 Å². The smallest absolute Gasteiger partial charge is 1.00 e. The minimum absolute atomic E-state index is 0. The van der Waals surface area contributed by atoms with Crippen molar-refractivity contribution in [3.63, 3.8) is 0 Å². The van der Waals surface area contributed by atoms with Crippen LogP contribution in [0.4, 0.5) is 0 Å². The monoisotopic (exact) mass is 153 g/mol. The quantitative estimate of drug-likeness (QED) is 0.226. The van der Waals surface area contributed by atoms with Crippen molar-refractivity contribution in [2.45, 2.75) is 0 Å². The molecule has 7 heteroatoms. The SMILES string of the molecule is NOS(=O)(=O)O.[H-].[K+]. The summed E-state index contributed by atoms with van der Waals surface area (Å²) < 4.78 is 28.8. The molecule has 0 fully saturated rings. The first-order valence-corrected chi connectivity index (χ1v) is 2.28. The average molecular weight is 153 g/mol. The van der Waals surface area contributed by atoms with E-state index in [-0.39, 0.29) is 52.8 Å². The number of nitrogens with two attached hydrogens (primary N) is 1. The second kappa shape index (κ2) is 4.36. The zero-order chi connectivity index (χ0) is 5.21. The summed E-state index contributed by atoms with van der Waals surface area (Å²) >= 11 is 0. The van der Waals surface area contributed by atoms with Crippen molar-refractivity contribution >= 4 is 10.4 Å². The standard InChI is InChI=1S/K.H3NO4S.H/c;1-5-6(2,3)4;/h;1H2,(H,2,3,4);/q+1;;-1. The van der Waals surface area contributed by atoms with Crippen LogP contribution in [-0.4, -0.2) is 13.0 Å². The van der Waals surface area contributed by atoms with Crippen molar-refractivity contribution in [1.82, 2.24) is 0 Å². The Morgan fingerprint density at radius 1 is 1.71 bits per heavy atom. The number of hydrogen-bond donors (Lipinski definition) is 2. The van der Waals surface area contributed by atoms with Crippen LogP contribution in [-0.2, 0) is 14.7 Å². The van der Waals surface area contributed by atoms with E-state index >= 15 is 0 Å². The summed E-state index contributed by atoms with van der Waals surface area (Å²) in [6.07, 6.45) is 0. The maximum absolute atomic E-state index is 9.21. The van der Waals surface area contributed by atoms with E-state index in [0.717, 1.165) is 0 Å². The first-order chi connectivity index (χ1) is 2.56. The van der Waals surface area contributed by atoms with Crippen LogP contribution in [0.2, 0.25) is 0 Å². The first-order valence-electron chi connectivity index (χ1n) is 0.918. The zero-order valence-electron chi connectivity index (χ0n) is 4.66. The van der Waals surface area contributed by atoms with Gasteiger partial charge < -0.3 is 1.43 Å². The van der Waals surface area contributed by atoms with Gasteiger partial charge in [-0.2, -0.15) is 18.6 Å². The zero-order valence-corrected chi connectivity index (χ0v) is 7.60. The van der Waals surface area contributed by atoms with E-state index in [2.05, 4.69) is 10.2 Å². The largest absolute Gasteiger partial charge is 1.00 e. The fourth-order valence-corrected chi connectivity index (χ4v) is 0. The van der Waals surface area contributed by atoms with Gasteiger partial charge in [0.1, 0.15) is 0 Å². The Labute approximate surface area is 85.0 Å². The molecule has 0 radical (unpaired) electrons. The van der Waals surface area contributed by atoms with E-state index in [4.69, 9.17) is 4.55 Å². The maximum atomic E-state index is 9.21. The molecule has 0 aromatic rings. The van der Waals surface area contributed by atoms with Crippen molar-refractivity contribution in [2.24, 2.45) is 5.90 Å². The molecule has 0 heterocycles. The predicted molar refractivity (Wildman–Crippen MR) is 17.9 cm³/mol. The Bertz CT molecular complexity index is 118. The van der Waals surface area contributed by atoms with Crippen LogP contribution in [0.25, 0.3) is 0 Å². The Morgan fingerprint density at radius 2 is 1.86 bits per heavy atom. The van der Waals surface area contributed by atoms with Crippen molar-refractivity contribution in [3.8, 4) is 0 Å². The summed E-state index contributed by atoms with van der Waals surface area (Å²) in [5.74, 6) is 3.97. The molecule has 0 saturated carbocycles. The summed E-state index contributed by atoms with van der Waals surface area (Å²) in [4.78, 5) is 0. The molecule has 0 atom stereocenters. The van der Waals surface area contributed by atoms with Crippen LogP contribution in [0.15, 0.2) is 0 Å². The van der Waals surface area contributed by atoms with Gasteiger partial charge in [-0.25, -0.2) is 0 Å². The van der Waals surface area contributed by atoms with Gasteiger partial charge in [0.05, 0.1) is 0 Å². The van der Waals surface area contributed by atoms with Gasteiger partial charge in [-0.3, -0.25) is 4.55 Å². The van der Waals surface area contributed by atoms with Crippen LogP contribution in [0.1, 0.15) is 1.43 Å². The molecule has 0 aliphatic heterocycles. The molecule has 5 nitrogen and oxygen atoms in total. The van der Waals surface area contributed by atoms with Crippen molar-refractivity contribution < 1.29 is 70.1 Å². The molecule has 0 aromatic heterocycles. The van der Waals surface area contributed by atoms with E-state index in [0.29, 0.717) is 0 Å². The van der Waals surface area contributed by atoms with E-state index in [1.807, 2.05) is 0 Å². The molecule has 0 bridgehead atoms. The normalized spacial score (nSPS) is 10.0. The topological polar surface area (TPSA) is 89.6 Å². The maximum Gasteiger partial charge on any atom is 1.00 e. The summed E-state index contributed by atoms with van der Waals surface area (Å²) in [5, 5.41) is 0. The average Bonchev–Trinajstić information content (AvgIpc) is 1.35. The fourth-order valence-electron chi connectivity index (χ4n) is 0. The van der Waals surface area contributed by atoms with E-state index in [9.17, 15) is 8.42 Å². The van der Waals surface area contributed by atoms with E-state index in [1.165, 1.54) is 0 Å². The molecular weight excluding hydrogens is 149 g/mol. The molecule has 7 heavy (non-hydrogen) atoms. The first kappa shape index (κ1) is 11.3. The van der Waals surface area contributed by atoms with Crippen molar-refractivity contribution in [1.29, 1.82) is 0 Å². The number of hydrogen-bond acceptors (Lipinski definition) is 4. The molecule has 3 N–H and O–H groups in total. The summed E-state index contributed by atoms with van der Waals surface area (Å²) in [6.45, 7) is 0. The third-order valence-corrected chi connectivity index (χ3v) is 0.365. The fraction of sp³-hybridized carbons (Fsp3) is 0. The van der Waals surface area contributed by atoms with E-state index < -0.39 is 10.4 Å². The van der Waals surface area contributed by atoms with Crippen LogP contribution in [0, 0.1) is 0 Å². The van der Waals surface area contributed by atoms with Crippen LogP contribution < -0.4 is 57.3 Å². The third-order valence-electron chi connectivity index (χ3n) is 0.122. The van der Waals surface area contributed by atoms with Gasteiger partial charge >= 0.3 is 61.8 Å². The van der Waals surface area contributed by atoms with Crippen molar-refractivity contribution in [3.05, 3.63) is 0 Å². The molecule has 0 unspecified atom stereocenters. The third kappa shape index (κ3) is 11.2. The Kier molecular flexibility index (Phi) is 7.02. The predicted octanol–water partition coefficient (Wildman–Crippen LogP) is -4.20. The minimum Gasteiger partial charge on any atom is -1.00 e. The molecule has 40 valence electrons. The van der Waals surface area contributed by atoms with Gasteiger partial charge in [-0.05, 0) is 0 Å². The second-order valence-electron chi connectivity index (χ2n) is 0.524. The molecule has 0 spiro atoms. The minimum atomic E-state index is -4.38. The summed E-state index contributed by atoms with van der Waals surface area (Å²) in [6, 6.07) is 0. The molecule has 0 aliphatic carbocycles. The molecule has 0 saturated heterocycles. The summed E-state index contributed by atoms with van der Waals surface area (Å²) in [5.41, 5.74) is 0. The van der Waals surface area contributed by atoms with Gasteiger partial charge in [-0.1, -0.05) is 0 Å². The molecule has 0 amide bonds. The Balaban J connectivity index is -0.000000125. The van der Waals surface area contributed by atoms with Crippen molar-refractivity contribution in [2.75, 3.05) is 0 Å². The van der Waals surface area contributed by atoms with E-state index in [1.54, 1.807) is 0 Å². The Morgan fingerprint density at radius 3 is 1.86 bits per heavy atom. The molecular formula is H4KNO4S. The van der Waals surface area contributed by atoms with Gasteiger partial charge in [0, 0.05) is 0 Å². The van der Waals surface area contributed by atoms with Gasteiger partial charge in [-0.15, -0.1) is 0 Å². The molecule has 0 aromatic carbocycles. The second-order valence-corrected chi connectivity index (χ2v) is 1.57. The van der Waals surface area contributed by atoms with Crippen LogP contribution >= 0.6 is 0 Å². The van der Waals surface area contributed by atoms with Crippen LogP contribution in [0.3, 0.4) is 0 Å². The van der Waals surface area contributed by atoms with Gasteiger partial charge in [0.15, 0.2) is 0 Å². The van der Waals surface area contributed by atoms with Crippen LogP contribution in [0.5, 0.6) is 0 Å². The summed E-state index contributed by atoms with van der Waals surface area (Å²) in [7, 11) is -4.38. The van der Waals surface area contributed by atoms with Gasteiger partial charge in [0.25, 0.3) is 0 Å².